The van der Waals surface area contributed by atoms with Gasteiger partial charge < -0.3 is 14.3 Å². The molecule has 0 aromatic carbocycles. The van der Waals surface area contributed by atoms with Crippen molar-refractivity contribution < 1.29 is 14.3 Å². The maximum Gasteiger partial charge on any atom is 0.173 e. The minimum atomic E-state index is -1.59. The van der Waals surface area contributed by atoms with Gasteiger partial charge >= 0.3 is 0 Å². The second kappa shape index (κ2) is 6.80. The third-order valence-corrected chi connectivity index (χ3v) is 9.96. The van der Waals surface area contributed by atoms with Gasteiger partial charge in [0.25, 0.3) is 0 Å². The maximum atomic E-state index is 8.81. The molecule has 0 aromatic rings. The zero-order chi connectivity index (χ0) is 11.9. The van der Waals surface area contributed by atoms with Gasteiger partial charge in [-0.05, 0) is 51.1 Å². The lowest BCUT2D eigenvalue weighted by atomic mass is 10.5. The first kappa shape index (κ1) is 15.3. The van der Waals surface area contributed by atoms with Crippen LogP contribution in [0.2, 0.25) is 38.3 Å². The Balaban J connectivity index is 4.04. The zero-order valence-corrected chi connectivity index (χ0v) is 12.5. The molecule has 0 rings (SSSR count). The molecule has 0 bridgehead atoms. The summed E-state index contributed by atoms with van der Waals surface area (Å²) in [6, 6.07) is 2.05. The molecular formula is C10H26O3Si2. The summed E-state index contributed by atoms with van der Waals surface area (Å²) in [5, 5.41) is 17.6. The molecule has 0 amide bonds. The second-order valence-electron chi connectivity index (χ2n) is 5.28. The van der Waals surface area contributed by atoms with Gasteiger partial charge in [0.2, 0.25) is 0 Å². The van der Waals surface area contributed by atoms with Crippen molar-refractivity contribution in [2.24, 2.45) is 0 Å². The third kappa shape index (κ3) is 8.16. The summed E-state index contributed by atoms with van der Waals surface area (Å²) in [7, 11) is -3.18. The lowest BCUT2D eigenvalue weighted by Crippen LogP contribution is -2.44. The number of hydrogen-bond acceptors (Lipinski definition) is 3. The average Bonchev–Trinajstić information content (AvgIpc) is 2.10. The predicted molar refractivity (Wildman–Crippen MR) is 69.1 cm³/mol. The van der Waals surface area contributed by atoms with Crippen LogP contribution < -0.4 is 0 Å². The molecule has 0 aliphatic heterocycles. The Morgan fingerprint density at radius 2 is 1.13 bits per heavy atom. The fraction of sp³-hybridized carbons (Fsp3) is 1.00. The van der Waals surface area contributed by atoms with Crippen LogP contribution >= 0.6 is 0 Å². The number of rotatable bonds is 8. The smallest absolute Gasteiger partial charge is 0.173 e. The van der Waals surface area contributed by atoms with Crippen molar-refractivity contribution in [2.45, 2.75) is 51.1 Å². The van der Waals surface area contributed by atoms with Crippen LogP contribution in [0.3, 0.4) is 0 Å². The van der Waals surface area contributed by atoms with Crippen LogP contribution in [0.15, 0.2) is 0 Å². The molecule has 3 nitrogen and oxygen atoms in total. The molecule has 5 heteroatoms. The molecule has 0 aliphatic carbocycles. The van der Waals surface area contributed by atoms with E-state index in [1.807, 2.05) is 0 Å². The van der Waals surface area contributed by atoms with Crippen LogP contribution in [0.1, 0.15) is 12.8 Å². The van der Waals surface area contributed by atoms with Crippen LogP contribution in [0.5, 0.6) is 0 Å². The highest BCUT2D eigenvalue weighted by Crippen LogP contribution is 2.23. The van der Waals surface area contributed by atoms with E-state index in [-0.39, 0.29) is 13.2 Å². The minimum absolute atomic E-state index is 0.262. The Morgan fingerprint density at radius 3 is 1.40 bits per heavy atom. The highest BCUT2D eigenvalue weighted by atomic mass is 28.4. The van der Waals surface area contributed by atoms with E-state index in [0.29, 0.717) is 0 Å². The summed E-state index contributed by atoms with van der Waals surface area (Å²) in [6.45, 7) is 9.40. The van der Waals surface area contributed by atoms with E-state index in [4.69, 9.17) is 14.3 Å². The van der Waals surface area contributed by atoms with E-state index in [2.05, 4.69) is 26.2 Å². The first-order valence-electron chi connectivity index (χ1n) is 5.75. The molecule has 0 unspecified atom stereocenters. The molecule has 0 spiro atoms. The zero-order valence-electron chi connectivity index (χ0n) is 10.5. The van der Waals surface area contributed by atoms with Crippen molar-refractivity contribution in [1.82, 2.24) is 0 Å². The Bertz CT molecular complexity index is 154. The average molecular weight is 250 g/mol. The molecule has 0 atom stereocenters. The van der Waals surface area contributed by atoms with Crippen molar-refractivity contribution >= 4 is 16.6 Å². The highest BCUT2D eigenvalue weighted by molar-refractivity contribution is 6.84. The normalized spacial score (nSPS) is 13.2. The lowest BCUT2D eigenvalue weighted by Gasteiger charge is -2.34. The topological polar surface area (TPSA) is 49.7 Å². The fourth-order valence-corrected chi connectivity index (χ4v) is 10.7. The standard InChI is InChI=1S/C10H26O3Si2/c1-14(2,9-5-7-11)13-15(3,4)10-6-8-12/h11-12H,5-10H2,1-4H3. The largest absolute Gasteiger partial charge is 0.455 e. The molecule has 0 aromatic heterocycles. The van der Waals surface area contributed by atoms with Gasteiger partial charge in [0, 0.05) is 13.2 Å². The quantitative estimate of drug-likeness (QED) is 0.649. The SMILES string of the molecule is C[Si](C)(CCCO)O[Si](C)(C)CCCO. The minimum Gasteiger partial charge on any atom is -0.455 e. The van der Waals surface area contributed by atoms with E-state index >= 15 is 0 Å². The van der Waals surface area contributed by atoms with Gasteiger partial charge in [0.05, 0.1) is 0 Å². The van der Waals surface area contributed by atoms with Crippen LogP contribution in [0, 0.1) is 0 Å². The Morgan fingerprint density at radius 1 is 0.800 bits per heavy atom. The van der Waals surface area contributed by atoms with Crippen molar-refractivity contribution in [1.29, 1.82) is 0 Å². The van der Waals surface area contributed by atoms with Gasteiger partial charge in [0.1, 0.15) is 0 Å². The monoisotopic (exact) mass is 250 g/mol. The van der Waals surface area contributed by atoms with Gasteiger partial charge in [0.15, 0.2) is 16.6 Å². The first-order valence-corrected chi connectivity index (χ1v) is 12.0. The molecule has 92 valence electrons. The van der Waals surface area contributed by atoms with Gasteiger partial charge in [-0.25, -0.2) is 0 Å². The molecular weight excluding hydrogens is 224 g/mol. The van der Waals surface area contributed by atoms with Crippen LogP contribution in [-0.2, 0) is 4.12 Å². The molecule has 0 fully saturated rings. The number of aliphatic hydroxyl groups is 2. The first-order chi connectivity index (χ1) is 6.83. The summed E-state index contributed by atoms with van der Waals surface area (Å²) in [5.41, 5.74) is 0. The Hall–Kier alpha value is 0.314. The predicted octanol–water partition coefficient (Wildman–Crippen LogP) is 2.18. The van der Waals surface area contributed by atoms with E-state index in [0.717, 1.165) is 24.9 Å². The molecule has 15 heavy (non-hydrogen) atoms. The maximum absolute atomic E-state index is 8.81. The van der Waals surface area contributed by atoms with Crippen molar-refractivity contribution in [2.75, 3.05) is 13.2 Å². The number of aliphatic hydroxyl groups excluding tert-OH is 2. The van der Waals surface area contributed by atoms with Crippen LogP contribution in [-0.4, -0.2) is 40.1 Å². The Labute approximate surface area is 95.7 Å². The molecule has 2 N–H and O–H groups in total. The number of hydrogen-bond donors (Lipinski definition) is 2. The van der Waals surface area contributed by atoms with E-state index in [1.165, 1.54) is 0 Å². The van der Waals surface area contributed by atoms with Gasteiger partial charge in [-0.2, -0.15) is 0 Å². The second-order valence-corrected chi connectivity index (χ2v) is 14.1. The summed E-state index contributed by atoms with van der Waals surface area (Å²) >= 11 is 0. The van der Waals surface area contributed by atoms with E-state index < -0.39 is 16.6 Å². The summed E-state index contributed by atoms with van der Waals surface area (Å²) in [5.74, 6) is 0. The summed E-state index contributed by atoms with van der Waals surface area (Å²) < 4.78 is 6.28. The van der Waals surface area contributed by atoms with Crippen molar-refractivity contribution in [3.8, 4) is 0 Å². The third-order valence-electron chi connectivity index (χ3n) is 2.43. The molecule has 0 heterocycles. The van der Waals surface area contributed by atoms with Crippen LogP contribution in [0.25, 0.3) is 0 Å². The Kier molecular flexibility index (Phi) is 6.94. The molecule has 0 saturated heterocycles. The van der Waals surface area contributed by atoms with Gasteiger partial charge in [-0.15, -0.1) is 0 Å². The van der Waals surface area contributed by atoms with E-state index in [9.17, 15) is 0 Å². The molecule has 0 radical (unpaired) electrons. The van der Waals surface area contributed by atoms with Gasteiger partial charge in [-0.1, -0.05) is 0 Å². The van der Waals surface area contributed by atoms with Crippen LogP contribution in [0.4, 0.5) is 0 Å². The fourth-order valence-electron chi connectivity index (χ4n) is 1.86. The van der Waals surface area contributed by atoms with Gasteiger partial charge in [-0.3, -0.25) is 0 Å². The lowest BCUT2D eigenvalue weighted by molar-refractivity contribution is 0.290. The van der Waals surface area contributed by atoms with Crippen molar-refractivity contribution in [3.05, 3.63) is 0 Å². The summed E-state index contributed by atoms with van der Waals surface area (Å²) in [6.07, 6.45) is 1.70. The van der Waals surface area contributed by atoms with E-state index in [1.54, 1.807) is 0 Å². The highest BCUT2D eigenvalue weighted by Gasteiger charge is 2.31. The molecule has 0 saturated carbocycles. The summed E-state index contributed by atoms with van der Waals surface area (Å²) in [4.78, 5) is 0. The van der Waals surface area contributed by atoms with Crippen molar-refractivity contribution in [3.63, 3.8) is 0 Å². The molecule has 0 aliphatic rings.